The molecule has 1 aliphatic heterocycles. The smallest absolute Gasteiger partial charge is 0.369 e. The standard InChI is InChI=1S/C12H15FN5O13P3/c1-2-12(13)3-5(9(20)29-33(24,25)31-34(26,27)30-32(21,22)23)28-10(12)18-4-15-6-7(18)16-11(14)17-8(6)19/h1,4-5,9-10,20H,3H2,(H,24,25)(H,26,27)(H2,21,22,23)(H3,14,16,17,19)/t5-,9?,10-,12-/m0/s1. The molecule has 188 valence electrons. The highest BCUT2D eigenvalue weighted by atomic mass is 31.3. The van der Waals surface area contributed by atoms with Gasteiger partial charge in [-0.25, -0.2) is 23.1 Å². The Kier molecular flexibility index (Phi) is 6.94. The molecule has 0 aliphatic carbocycles. The summed E-state index contributed by atoms with van der Waals surface area (Å²) in [6.45, 7) is 0. The van der Waals surface area contributed by atoms with E-state index in [0.29, 0.717) is 0 Å². The highest BCUT2D eigenvalue weighted by molar-refractivity contribution is 7.66. The van der Waals surface area contributed by atoms with Crippen molar-refractivity contribution in [2.24, 2.45) is 0 Å². The third-order valence-corrected chi connectivity index (χ3v) is 7.92. The van der Waals surface area contributed by atoms with Crippen LogP contribution >= 0.6 is 23.5 Å². The topological polar surface area (TPSA) is 279 Å². The lowest BCUT2D eigenvalue weighted by atomic mass is 10.0. The molecule has 1 fully saturated rings. The van der Waals surface area contributed by atoms with Gasteiger partial charge in [0.05, 0.1) is 6.33 Å². The molecule has 3 rings (SSSR count). The van der Waals surface area contributed by atoms with Crippen LogP contribution in [-0.2, 0) is 31.6 Å². The fraction of sp³-hybridized carbons (Fsp3) is 0.417. The number of aromatic amines is 1. The minimum atomic E-state index is -5.87. The predicted molar refractivity (Wildman–Crippen MR) is 105 cm³/mol. The molecule has 0 spiro atoms. The van der Waals surface area contributed by atoms with Crippen LogP contribution < -0.4 is 11.3 Å². The van der Waals surface area contributed by atoms with Crippen molar-refractivity contribution in [3.8, 4) is 12.3 Å². The van der Waals surface area contributed by atoms with E-state index in [1.165, 1.54) is 0 Å². The van der Waals surface area contributed by atoms with Gasteiger partial charge < -0.3 is 35.2 Å². The largest absolute Gasteiger partial charge is 0.490 e. The number of rotatable bonds is 8. The van der Waals surface area contributed by atoms with Crippen molar-refractivity contribution >= 4 is 40.6 Å². The van der Waals surface area contributed by atoms with Gasteiger partial charge in [-0.3, -0.25) is 18.9 Å². The van der Waals surface area contributed by atoms with Crippen LogP contribution in [0.3, 0.4) is 0 Å². The number of terminal acetylenes is 1. The number of hydrogen-bond acceptors (Lipinski definition) is 12. The van der Waals surface area contributed by atoms with Gasteiger partial charge in [-0.1, -0.05) is 5.92 Å². The number of imidazole rings is 1. The van der Waals surface area contributed by atoms with Crippen molar-refractivity contribution in [2.45, 2.75) is 30.7 Å². The van der Waals surface area contributed by atoms with E-state index in [1.54, 1.807) is 5.92 Å². The molecular weight excluding hydrogens is 534 g/mol. The predicted octanol–water partition coefficient (Wildman–Crippen LogP) is -1.01. The second-order valence-corrected chi connectivity index (χ2v) is 11.0. The maximum Gasteiger partial charge on any atom is 0.490 e. The summed E-state index contributed by atoms with van der Waals surface area (Å²) in [7, 11) is -17.3. The number of phosphoric ester groups is 1. The number of anilines is 1. The number of nitrogen functional groups attached to an aromatic ring is 1. The van der Waals surface area contributed by atoms with Crippen molar-refractivity contribution in [1.82, 2.24) is 19.5 Å². The Hall–Kier alpha value is -2.03. The molecule has 0 amide bonds. The van der Waals surface area contributed by atoms with E-state index >= 15 is 4.39 Å². The van der Waals surface area contributed by atoms with Gasteiger partial charge in [0.15, 0.2) is 23.7 Å². The van der Waals surface area contributed by atoms with Crippen LogP contribution in [0.25, 0.3) is 11.2 Å². The number of H-pyrrole nitrogens is 1. The molecule has 6 atom stereocenters. The van der Waals surface area contributed by atoms with E-state index in [0.717, 1.165) is 10.9 Å². The lowest BCUT2D eigenvalue weighted by Crippen LogP contribution is -2.30. The van der Waals surface area contributed by atoms with Gasteiger partial charge in [-0.05, 0) is 0 Å². The molecule has 22 heteroatoms. The second kappa shape index (κ2) is 8.88. The first-order valence-electron chi connectivity index (χ1n) is 8.50. The number of aliphatic hydroxyl groups excluding tert-OH is 1. The number of alkyl halides is 1. The molecule has 3 unspecified atom stereocenters. The minimum absolute atomic E-state index is 0.258. The molecule has 0 radical (unpaired) electrons. The number of phosphoric acid groups is 3. The van der Waals surface area contributed by atoms with E-state index in [1.807, 2.05) is 0 Å². The number of nitrogens with two attached hydrogens (primary N) is 1. The summed E-state index contributed by atoms with van der Waals surface area (Å²) in [5, 5.41) is 10.1. The Balaban J connectivity index is 1.83. The Morgan fingerprint density at radius 2 is 1.97 bits per heavy atom. The van der Waals surface area contributed by atoms with Crippen LogP contribution in [0.2, 0.25) is 0 Å². The van der Waals surface area contributed by atoms with Crippen LogP contribution in [0.1, 0.15) is 12.6 Å². The highest BCUT2D eigenvalue weighted by Crippen LogP contribution is 2.66. The first kappa shape index (κ1) is 26.6. The zero-order valence-corrected chi connectivity index (χ0v) is 18.9. The SMILES string of the molecule is C#C[C@]1(F)C[C@@H](C(O)OP(=O)(O)OP(=O)(O)OP(=O)(O)O)O[C@@H]1n1cnc2c(=O)[nH]c(N)nc21. The van der Waals surface area contributed by atoms with Crippen LogP contribution in [-0.4, -0.2) is 62.3 Å². The van der Waals surface area contributed by atoms with Crippen molar-refractivity contribution in [2.75, 3.05) is 5.73 Å². The highest BCUT2D eigenvalue weighted by Gasteiger charge is 2.54. The van der Waals surface area contributed by atoms with Gasteiger partial charge >= 0.3 is 23.5 Å². The number of hydrogen-bond donors (Lipinski definition) is 7. The molecule has 1 aliphatic rings. The molecule has 3 heterocycles. The monoisotopic (exact) mass is 549 g/mol. The normalized spacial score (nSPS) is 27.7. The average molecular weight is 549 g/mol. The van der Waals surface area contributed by atoms with E-state index < -0.39 is 59.7 Å². The fourth-order valence-electron chi connectivity index (χ4n) is 2.92. The Morgan fingerprint density at radius 3 is 2.56 bits per heavy atom. The second-order valence-electron chi connectivity index (χ2n) is 6.60. The number of halogens is 1. The maximum atomic E-state index is 15.4. The number of nitrogens with zero attached hydrogens (tertiary/aromatic N) is 3. The summed E-state index contributed by atoms with van der Waals surface area (Å²) in [4.78, 5) is 57.4. The molecular formula is C12H15FN5O13P3. The number of ether oxygens (including phenoxy) is 1. The molecule has 18 nitrogen and oxygen atoms in total. The lowest BCUT2D eigenvalue weighted by Gasteiger charge is -2.22. The van der Waals surface area contributed by atoms with E-state index in [2.05, 4.69) is 28.1 Å². The van der Waals surface area contributed by atoms with Gasteiger partial charge in [-0.2, -0.15) is 13.6 Å². The number of aromatic nitrogens is 4. The summed E-state index contributed by atoms with van der Waals surface area (Å²) < 4.78 is 66.7. The van der Waals surface area contributed by atoms with Crippen molar-refractivity contribution in [3.05, 3.63) is 16.7 Å². The minimum Gasteiger partial charge on any atom is -0.369 e. The number of aliphatic hydroxyl groups is 1. The summed E-state index contributed by atoms with van der Waals surface area (Å²) in [5.41, 5.74) is 1.43. The lowest BCUT2D eigenvalue weighted by molar-refractivity contribution is -0.146. The molecule has 8 N–H and O–H groups in total. The Labute approximate surface area is 186 Å². The van der Waals surface area contributed by atoms with Gasteiger partial charge in [0, 0.05) is 6.42 Å². The Bertz CT molecular complexity index is 1350. The third kappa shape index (κ3) is 5.78. The van der Waals surface area contributed by atoms with Gasteiger partial charge in [0.2, 0.25) is 11.6 Å². The molecule has 2 aromatic rings. The van der Waals surface area contributed by atoms with Gasteiger partial charge in [-0.15, -0.1) is 6.42 Å². The molecule has 1 saturated heterocycles. The zero-order chi connectivity index (χ0) is 25.7. The summed E-state index contributed by atoms with van der Waals surface area (Å²) >= 11 is 0. The summed E-state index contributed by atoms with van der Waals surface area (Å²) in [5.74, 6) is 1.42. The fourth-order valence-corrected chi connectivity index (χ4v) is 5.99. The first-order chi connectivity index (χ1) is 15.5. The molecule has 0 bridgehead atoms. The molecule has 2 aromatic heterocycles. The number of fused-ring (bicyclic) bond motifs is 1. The van der Waals surface area contributed by atoms with E-state index in [-0.39, 0.29) is 17.1 Å². The van der Waals surface area contributed by atoms with E-state index in [4.69, 9.17) is 31.6 Å². The molecule has 34 heavy (non-hydrogen) atoms. The average Bonchev–Trinajstić information content (AvgIpc) is 3.19. The van der Waals surface area contributed by atoms with Crippen LogP contribution in [0.4, 0.5) is 10.3 Å². The third-order valence-electron chi connectivity index (χ3n) is 4.11. The van der Waals surface area contributed by atoms with Crippen LogP contribution in [0, 0.1) is 12.3 Å². The van der Waals surface area contributed by atoms with E-state index in [9.17, 15) is 28.5 Å². The summed E-state index contributed by atoms with van der Waals surface area (Å²) in [6, 6.07) is 0. The van der Waals surface area contributed by atoms with Crippen LogP contribution in [0.15, 0.2) is 11.1 Å². The van der Waals surface area contributed by atoms with Crippen molar-refractivity contribution in [3.63, 3.8) is 0 Å². The van der Waals surface area contributed by atoms with Crippen LogP contribution in [0.5, 0.6) is 0 Å². The maximum absolute atomic E-state index is 15.4. The zero-order valence-electron chi connectivity index (χ0n) is 16.2. The van der Waals surface area contributed by atoms with Crippen molar-refractivity contribution in [1.29, 1.82) is 0 Å². The Morgan fingerprint density at radius 1 is 1.32 bits per heavy atom. The number of nitrogens with one attached hydrogen (secondary N) is 1. The summed E-state index contributed by atoms with van der Waals surface area (Å²) in [6.07, 6.45) is -0.910. The van der Waals surface area contributed by atoms with Crippen molar-refractivity contribution < 1.29 is 60.6 Å². The molecule has 0 saturated carbocycles. The van der Waals surface area contributed by atoms with Gasteiger partial charge in [0.1, 0.15) is 6.10 Å². The van der Waals surface area contributed by atoms with Gasteiger partial charge in [0.25, 0.3) is 5.56 Å². The first-order valence-corrected chi connectivity index (χ1v) is 13.0. The quantitative estimate of drug-likeness (QED) is 0.118. The molecule has 0 aromatic carbocycles.